The third kappa shape index (κ3) is 8.05. The topological polar surface area (TPSA) is 153 Å². The number of thiazole rings is 1. The van der Waals surface area contributed by atoms with Crippen molar-refractivity contribution in [2.75, 3.05) is 37.5 Å². The van der Waals surface area contributed by atoms with Gasteiger partial charge in [0.25, 0.3) is 0 Å². The molecule has 220 valence electrons. The maximum absolute atomic E-state index is 12.9. The van der Waals surface area contributed by atoms with E-state index in [2.05, 4.69) is 21.3 Å². The predicted molar refractivity (Wildman–Crippen MR) is 150 cm³/mol. The number of benzene rings is 1. The molecule has 2 aromatic heterocycles. The number of anilines is 2. The first kappa shape index (κ1) is 32.8. The highest BCUT2D eigenvalue weighted by Gasteiger charge is 2.37. The molecular formula is C25H32F3N5O5S2. The number of ether oxygens (including phenoxy) is 1. The van der Waals surface area contributed by atoms with E-state index in [1.54, 1.807) is 25.4 Å². The van der Waals surface area contributed by atoms with Crippen LogP contribution in [0, 0.1) is 5.92 Å². The Hall–Kier alpha value is -3.43. The number of nitrogens with zero attached hydrogens (tertiary/aromatic N) is 4. The van der Waals surface area contributed by atoms with Crippen LogP contribution in [0.1, 0.15) is 18.9 Å². The lowest BCUT2D eigenvalue weighted by molar-refractivity contribution is -0.274. The number of nitrogens with two attached hydrogens (primary N) is 1. The first-order chi connectivity index (χ1) is 18.2. The number of carbonyl (C=O) groups excluding carboxylic acids is 1. The van der Waals surface area contributed by atoms with E-state index in [1.165, 1.54) is 34.6 Å². The number of hydrogen-bond acceptors (Lipinski definition) is 9. The first-order valence-electron chi connectivity index (χ1n) is 11.8. The van der Waals surface area contributed by atoms with E-state index in [4.69, 9.17) is 5.73 Å². The van der Waals surface area contributed by atoms with Gasteiger partial charge < -0.3 is 30.9 Å². The summed E-state index contributed by atoms with van der Waals surface area (Å²) in [5.41, 5.74) is 5.94. The molecule has 1 saturated heterocycles. The zero-order chi connectivity index (χ0) is 29.1. The van der Waals surface area contributed by atoms with E-state index in [0.29, 0.717) is 23.7 Å². The molecule has 40 heavy (non-hydrogen) atoms. The third-order valence-corrected chi connectivity index (χ3v) is 8.61. The molecule has 0 bridgehead atoms. The minimum atomic E-state index is -4.91. The Bertz CT molecular complexity index is 1380. The van der Waals surface area contributed by atoms with Gasteiger partial charge in [0.2, 0.25) is 5.91 Å². The molecule has 0 aliphatic carbocycles. The Labute approximate surface area is 236 Å². The van der Waals surface area contributed by atoms with Crippen LogP contribution < -0.4 is 15.4 Å². The van der Waals surface area contributed by atoms with E-state index < -0.39 is 29.0 Å². The maximum atomic E-state index is 12.9. The standard InChI is InChI=1S/C19H20F3N3O3.C6H10N2OS2.H2O/c1-10-4-6-25(18(10)27)15(11(2)26)8-13-7-12-3-5-24-17(23)14(12)9-16(13)28-19(20,21)22;1-8(2)6-7-4-5(10-6)11(3)9;/h3,5,7,9-10,15,26H,2,4,6,8H2,1H3,(H2,23,24);4H,1-3H3;1H2/t10-,15+;;/m0../s1. The molecule has 10 nitrogen and oxygen atoms in total. The normalized spacial score (nSPS) is 16.5. The lowest BCUT2D eigenvalue weighted by atomic mass is 9.99. The second-order valence-corrected chi connectivity index (χ2v) is 11.8. The Balaban J connectivity index is 0.000000394. The summed E-state index contributed by atoms with van der Waals surface area (Å²) in [6.45, 7) is 5.67. The molecule has 0 spiro atoms. The molecule has 1 aliphatic heterocycles. The summed E-state index contributed by atoms with van der Waals surface area (Å²) < 4.78 is 54.8. The molecule has 5 N–H and O–H groups in total. The molecular weight excluding hydrogens is 571 g/mol. The van der Waals surface area contributed by atoms with Crippen molar-refractivity contribution in [1.82, 2.24) is 14.9 Å². The Morgan fingerprint density at radius 3 is 2.52 bits per heavy atom. The fourth-order valence-corrected chi connectivity index (χ4v) is 5.48. The fraction of sp³-hybridized carbons (Fsp3) is 0.400. The zero-order valence-corrected chi connectivity index (χ0v) is 24.0. The van der Waals surface area contributed by atoms with E-state index in [0.717, 1.165) is 9.34 Å². The van der Waals surface area contributed by atoms with Crippen molar-refractivity contribution < 1.29 is 37.5 Å². The molecule has 15 heteroatoms. The van der Waals surface area contributed by atoms with Crippen LogP contribution in [0.2, 0.25) is 0 Å². The number of likely N-dealkylation sites (tertiary alicyclic amines) is 1. The van der Waals surface area contributed by atoms with Crippen LogP contribution >= 0.6 is 11.3 Å². The van der Waals surface area contributed by atoms with Crippen molar-refractivity contribution in [2.45, 2.75) is 36.4 Å². The van der Waals surface area contributed by atoms with Crippen molar-refractivity contribution in [3.8, 4) is 5.75 Å². The predicted octanol–water partition coefficient (Wildman–Crippen LogP) is 3.69. The lowest BCUT2D eigenvalue weighted by Crippen LogP contribution is -2.40. The van der Waals surface area contributed by atoms with Crippen LogP contribution in [0.25, 0.3) is 10.8 Å². The number of rotatable bonds is 7. The van der Waals surface area contributed by atoms with Crippen molar-refractivity contribution in [2.24, 2.45) is 5.92 Å². The Kier molecular flexibility index (Phi) is 10.9. The van der Waals surface area contributed by atoms with Crippen LogP contribution in [0.5, 0.6) is 5.75 Å². The second kappa shape index (κ2) is 13.3. The van der Waals surface area contributed by atoms with Gasteiger partial charge in [-0.05, 0) is 35.6 Å². The smallest absolute Gasteiger partial charge is 0.511 e. The van der Waals surface area contributed by atoms with E-state index >= 15 is 0 Å². The Morgan fingerprint density at radius 1 is 1.38 bits per heavy atom. The van der Waals surface area contributed by atoms with E-state index in [1.807, 2.05) is 19.0 Å². The number of hydrogen-bond donors (Lipinski definition) is 2. The molecule has 1 aliphatic rings. The molecule has 3 atom stereocenters. The summed E-state index contributed by atoms with van der Waals surface area (Å²) in [4.78, 5) is 23.7. The molecule has 1 unspecified atom stereocenters. The molecule has 0 saturated carbocycles. The van der Waals surface area contributed by atoms with Gasteiger partial charge in [0.1, 0.15) is 21.5 Å². The van der Waals surface area contributed by atoms with Crippen molar-refractivity contribution in [3.05, 3.63) is 48.5 Å². The summed E-state index contributed by atoms with van der Waals surface area (Å²) in [6.07, 6.45) is 0.373. The van der Waals surface area contributed by atoms with Crippen molar-refractivity contribution >= 4 is 49.8 Å². The van der Waals surface area contributed by atoms with Crippen LogP contribution in [-0.4, -0.2) is 74.9 Å². The summed E-state index contributed by atoms with van der Waals surface area (Å²) in [5, 5.41) is 11.8. The van der Waals surface area contributed by atoms with Gasteiger partial charge in [0.05, 0.1) is 23.0 Å². The van der Waals surface area contributed by atoms with Gasteiger partial charge in [-0.2, -0.15) is 0 Å². The molecule has 3 heterocycles. The van der Waals surface area contributed by atoms with E-state index in [9.17, 15) is 27.3 Å². The highest BCUT2D eigenvalue weighted by Crippen LogP contribution is 2.35. The number of carbonyl (C=O) groups is 1. The van der Waals surface area contributed by atoms with Crippen molar-refractivity contribution in [1.29, 1.82) is 0 Å². The number of fused-ring (bicyclic) bond motifs is 1. The van der Waals surface area contributed by atoms with Crippen LogP contribution in [0.4, 0.5) is 24.1 Å². The number of aliphatic hydroxyl groups is 1. The molecule has 1 fully saturated rings. The lowest BCUT2D eigenvalue weighted by Gasteiger charge is -2.28. The second-order valence-electron chi connectivity index (χ2n) is 9.17. The fourth-order valence-electron chi connectivity index (χ4n) is 4.02. The monoisotopic (exact) mass is 603 g/mol. The van der Waals surface area contributed by atoms with Crippen LogP contribution in [0.15, 0.2) is 47.1 Å². The number of nitrogen functional groups attached to an aromatic ring is 1. The van der Waals surface area contributed by atoms with Gasteiger partial charge >= 0.3 is 6.36 Å². The third-order valence-electron chi connectivity index (χ3n) is 6.02. The van der Waals surface area contributed by atoms with Gasteiger partial charge in [-0.15, -0.1) is 13.2 Å². The first-order valence-corrected chi connectivity index (χ1v) is 14.1. The quantitative estimate of drug-likeness (QED) is 0.388. The number of amides is 1. The maximum Gasteiger partial charge on any atom is 0.573 e. The number of halogens is 3. The van der Waals surface area contributed by atoms with Gasteiger partial charge in [-0.25, -0.2) is 9.97 Å². The summed E-state index contributed by atoms with van der Waals surface area (Å²) in [5.74, 6) is -1.06. The number of pyridine rings is 1. The minimum absolute atomic E-state index is 0. The highest BCUT2D eigenvalue weighted by molar-refractivity contribution is 7.86. The summed E-state index contributed by atoms with van der Waals surface area (Å²) in [7, 11) is 2.94. The average molecular weight is 604 g/mol. The largest absolute Gasteiger partial charge is 0.573 e. The highest BCUT2D eigenvalue weighted by atomic mass is 32.2. The molecule has 0 radical (unpaired) electrons. The molecule has 3 aromatic rings. The van der Waals surface area contributed by atoms with E-state index in [-0.39, 0.29) is 40.9 Å². The minimum Gasteiger partial charge on any atom is -0.511 e. The molecule has 1 aromatic carbocycles. The summed E-state index contributed by atoms with van der Waals surface area (Å²) in [6, 6.07) is 3.42. The van der Waals surface area contributed by atoms with Crippen molar-refractivity contribution in [3.63, 3.8) is 0 Å². The number of aliphatic hydroxyl groups excluding tert-OH is 1. The number of alkyl halides is 3. The van der Waals surface area contributed by atoms with Gasteiger partial charge in [-0.1, -0.05) is 24.8 Å². The molecule has 1 amide bonds. The zero-order valence-electron chi connectivity index (χ0n) is 22.4. The van der Waals surface area contributed by atoms with Gasteiger partial charge in [0, 0.05) is 50.8 Å². The van der Waals surface area contributed by atoms with Crippen LogP contribution in [-0.2, 0) is 22.0 Å². The SMILES string of the molecule is C=C(O)[C@@H](Cc1cc2ccnc(N)c2cc1OC(F)(F)F)N1CC[C@H](C)C1=O.CN(C)c1ncc(S(C)=O)s1.O. The van der Waals surface area contributed by atoms with Gasteiger partial charge in [-0.3, -0.25) is 9.00 Å². The molecule has 4 rings (SSSR count). The Morgan fingerprint density at radius 2 is 2.05 bits per heavy atom. The van der Waals surface area contributed by atoms with Gasteiger partial charge in [0.15, 0.2) is 5.13 Å². The average Bonchev–Trinajstić information content (AvgIpc) is 3.46. The summed E-state index contributed by atoms with van der Waals surface area (Å²) >= 11 is 1.46. The number of aromatic nitrogens is 2. The van der Waals surface area contributed by atoms with Crippen LogP contribution in [0.3, 0.4) is 0 Å².